The lowest BCUT2D eigenvalue weighted by atomic mass is 10.1. The van der Waals surface area contributed by atoms with Crippen molar-refractivity contribution in [2.24, 2.45) is 0 Å². The van der Waals surface area contributed by atoms with E-state index in [0.29, 0.717) is 6.54 Å². The molecule has 0 spiro atoms. The fourth-order valence-electron chi connectivity index (χ4n) is 1.83. The van der Waals surface area contributed by atoms with Crippen molar-refractivity contribution in [2.75, 3.05) is 6.54 Å². The first-order valence-corrected chi connectivity index (χ1v) is 7.83. The number of carbonyl (C=O) groups excluding carboxylic acids is 2. The highest BCUT2D eigenvalue weighted by Gasteiger charge is 2.16. The Kier molecular flexibility index (Phi) is 10.1. The van der Waals surface area contributed by atoms with Crippen molar-refractivity contribution in [2.45, 2.75) is 84.7 Å². The van der Waals surface area contributed by atoms with Gasteiger partial charge in [-0.2, -0.15) is 0 Å². The molecule has 0 aromatic rings. The molecule has 0 aliphatic heterocycles. The fraction of sp³-hybridized carbons (Fsp3) is 0.875. The number of unbranched alkanes of at least 4 members (excludes halogenated alkanes) is 5. The number of esters is 1. The van der Waals surface area contributed by atoms with Crippen molar-refractivity contribution in [1.82, 2.24) is 5.32 Å². The smallest absolute Gasteiger partial charge is 0.306 e. The van der Waals surface area contributed by atoms with Crippen LogP contribution in [-0.4, -0.2) is 24.0 Å². The Morgan fingerprint density at radius 2 is 1.55 bits per heavy atom. The van der Waals surface area contributed by atoms with Crippen LogP contribution in [0, 0.1) is 0 Å². The first-order chi connectivity index (χ1) is 9.35. The maximum absolute atomic E-state index is 11.5. The minimum atomic E-state index is -0.480. The van der Waals surface area contributed by atoms with Gasteiger partial charge >= 0.3 is 5.97 Å². The van der Waals surface area contributed by atoms with Crippen molar-refractivity contribution in [1.29, 1.82) is 0 Å². The highest BCUT2D eigenvalue weighted by atomic mass is 16.6. The molecule has 0 atom stereocenters. The van der Waals surface area contributed by atoms with Gasteiger partial charge in [0.1, 0.15) is 5.60 Å². The summed E-state index contributed by atoms with van der Waals surface area (Å²) in [5.74, 6) is -0.378. The van der Waals surface area contributed by atoms with Crippen molar-refractivity contribution in [3.05, 3.63) is 0 Å². The molecule has 0 aromatic heterocycles. The van der Waals surface area contributed by atoms with Crippen molar-refractivity contribution < 1.29 is 14.3 Å². The molecule has 0 radical (unpaired) electrons. The van der Waals surface area contributed by atoms with Gasteiger partial charge in [-0.3, -0.25) is 9.59 Å². The highest BCUT2D eigenvalue weighted by Crippen LogP contribution is 2.09. The first-order valence-electron chi connectivity index (χ1n) is 7.83. The van der Waals surface area contributed by atoms with Gasteiger partial charge in [-0.1, -0.05) is 39.0 Å². The average molecular weight is 285 g/mol. The summed E-state index contributed by atoms with van der Waals surface area (Å²) in [6, 6.07) is 0. The fourth-order valence-corrected chi connectivity index (χ4v) is 1.83. The molecule has 0 heterocycles. The van der Waals surface area contributed by atoms with Crippen LogP contribution in [-0.2, 0) is 14.3 Å². The molecule has 0 saturated carbocycles. The predicted molar refractivity (Wildman–Crippen MR) is 81.5 cm³/mol. The van der Waals surface area contributed by atoms with Crippen molar-refractivity contribution >= 4 is 11.9 Å². The summed E-state index contributed by atoms with van der Waals surface area (Å²) in [4.78, 5) is 23.0. The lowest BCUT2D eigenvalue weighted by Gasteiger charge is -2.19. The Hall–Kier alpha value is -1.06. The van der Waals surface area contributed by atoms with E-state index in [-0.39, 0.29) is 24.7 Å². The van der Waals surface area contributed by atoms with E-state index in [0.717, 1.165) is 12.8 Å². The summed E-state index contributed by atoms with van der Waals surface area (Å²) in [5, 5.41) is 2.85. The van der Waals surface area contributed by atoms with Gasteiger partial charge in [0.05, 0.1) is 6.42 Å². The molecular weight excluding hydrogens is 254 g/mol. The van der Waals surface area contributed by atoms with Crippen molar-refractivity contribution in [3.63, 3.8) is 0 Å². The third-order valence-corrected chi connectivity index (χ3v) is 2.83. The second-order valence-corrected chi connectivity index (χ2v) is 6.20. The van der Waals surface area contributed by atoms with E-state index < -0.39 is 5.60 Å². The number of rotatable bonds is 10. The van der Waals surface area contributed by atoms with E-state index in [1.165, 1.54) is 25.7 Å². The third-order valence-electron chi connectivity index (χ3n) is 2.83. The first kappa shape index (κ1) is 18.9. The molecular formula is C16H31NO3. The van der Waals surface area contributed by atoms with Gasteiger partial charge in [0.15, 0.2) is 0 Å². The van der Waals surface area contributed by atoms with E-state index in [4.69, 9.17) is 4.74 Å². The zero-order valence-electron chi connectivity index (χ0n) is 13.6. The topological polar surface area (TPSA) is 55.4 Å². The van der Waals surface area contributed by atoms with Gasteiger partial charge in [0.2, 0.25) is 5.91 Å². The number of carbonyl (C=O) groups is 2. The molecule has 118 valence electrons. The maximum Gasteiger partial charge on any atom is 0.306 e. The summed E-state index contributed by atoms with van der Waals surface area (Å²) in [6.45, 7) is 8.38. The second kappa shape index (κ2) is 10.7. The average Bonchev–Trinajstić information content (AvgIpc) is 2.33. The van der Waals surface area contributed by atoms with Crippen LogP contribution in [0.15, 0.2) is 0 Å². The largest absolute Gasteiger partial charge is 0.460 e. The molecule has 0 fully saturated rings. The molecule has 1 N–H and O–H groups in total. The minimum Gasteiger partial charge on any atom is -0.460 e. The zero-order chi connectivity index (χ0) is 15.4. The van der Waals surface area contributed by atoms with Gasteiger partial charge in [-0.25, -0.2) is 0 Å². The lowest BCUT2D eigenvalue weighted by Crippen LogP contribution is -2.27. The van der Waals surface area contributed by atoms with Crippen LogP contribution in [0.3, 0.4) is 0 Å². The number of hydrogen-bond donors (Lipinski definition) is 1. The summed E-state index contributed by atoms with van der Waals surface area (Å²) >= 11 is 0. The van der Waals surface area contributed by atoms with E-state index in [2.05, 4.69) is 12.2 Å². The van der Waals surface area contributed by atoms with Crippen LogP contribution in [0.1, 0.15) is 79.1 Å². The molecule has 0 aliphatic rings. The van der Waals surface area contributed by atoms with Gasteiger partial charge < -0.3 is 10.1 Å². The van der Waals surface area contributed by atoms with Gasteiger partial charge in [0, 0.05) is 13.0 Å². The SMILES string of the molecule is CCCCCCCCNC(=O)CCC(=O)OC(C)(C)C. The molecule has 1 amide bonds. The number of nitrogens with one attached hydrogen (secondary N) is 1. The molecule has 0 rings (SSSR count). The minimum absolute atomic E-state index is 0.0654. The summed E-state index contributed by atoms with van der Waals surface area (Å²) in [7, 11) is 0. The van der Waals surface area contributed by atoms with Crippen LogP contribution in [0.5, 0.6) is 0 Å². The molecule has 0 aromatic carbocycles. The van der Waals surface area contributed by atoms with E-state index in [1.54, 1.807) is 0 Å². The summed E-state index contributed by atoms with van der Waals surface area (Å²) < 4.78 is 5.15. The van der Waals surface area contributed by atoms with Gasteiger partial charge in [-0.05, 0) is 27.2 Å². The summed E-state index contributed by atoms with van der Waals surface area (Å²) in [6.07, 6.45) is 7.60. The Balaban J connectivity index is 3.48. The second-order valence-electron chi connectivity index (χ2n) is 6.20. The van der Waals surface area contributed by atoms with E-state index in [9.17, 15) is 9.59 Å². The molecule has 4 nitrogen and oxygen atoms in total. The Morgan fingerprint density at radius 3 is 2.15 bits per heavy atom. The number of ether oxygens (including phenoxy) is 1. The Morgan fingerprint density at radius 1 is 0.950 bits per heavy atom. The van der Waals surface area contributed by atoms with Crippen LogP contribution in [0.25, 0.3) is 0 Å². The monoisotopic (exact) mass is 285 g/mol. The summed E-state index contributed by atoms with van der Waals surface area (Å²) in [5.41, 5.74) is -0.480. The molecule has 0 saturated heterocycles. The third kappa shape index (κ3) is 13.4. The highest BCUT2D eigenvalue weighted by molar-refractivity contribution is 5.81. The van der Waals surface area contributed by atoms with Crippen LogP contribution in [0.2, 0.25) is 0 Å². The van der Waals surface area contributed by atoms with Gasteiger partial charge in [-0.15, -0.1) is 0 Å². The zero-order valence-corrected chi connectivity index (χ0v) is 13.6. The molecule has 0 aliphatic carbocycles. The molecule has 4 heteroatoms. The van der Waals surface area contributed by atoms with E-state index in [1.807, 2.05) is 20.8 Å². The van der Waals surface area contributed by atoms with Crippen molar-refractivity contribution in [3.8, 4) is 0 Å². The maximum atomic E-state index is 11.5. The normalized spacial score (nSPS) is 11.2. The number of hydrogen-bond acceptors (Lipinski definition) is 3. The van der Waals surface area contributed by atoms with Crippen LogP contribution in [0.4, 0.5) is 0 Å². The van der Waals surface area contributed by atoms with E-state index >= 15 is 0 Å². The molecule has 0 bridgehead atoms. The molecule has 0 unspecified atom stereocenters. The quantitative estimate of drug-likeness (QED) is 0.493. The number of amides is 1. The van der Waals surface area contributed by atoms with Crippen LogP contribution >= 0.6 is 0 Å². The Bertz CT molecular complexity index is 282. The lowest BCUT2D eigenvalue weighted by molar-refractivity contribution is -0.155. The Labute approximate surface area is 123 Å². The standard InChI is InChI=1S/C16H31NO3/c1-5-6-7-8-9-10-13-17-14(18)11-12-15(19)20-16(2,3)4/h5-13H2,1-4H3,(H,17,18). The van der Waals surface area contributed by atoms with Crippen LogP contribution < -0.4 is 5.32 Å². The molecule has 20 heavy (non-hydrogen) atoms. The van der Waals surface area contributed by atoms with Gasteiger partial charge in [0.25, 0.3) is 0 Å². The predicted octanol–water partition coefficient (Wildman–Crippen LogP) is 3.59.